The summed E-state index contributed by atoms with van der Waals surface area (Å²) in [5.41, 5.74) is 10.6. The van der Waals surface area contributed by atoms with Crippen LogP contribution in [0.2, 0.25) is 0 Å². The number of amidine groups is 1. The summed E-state index contributed by atoms with van der Waals surface area (Å²) in [5, 5.41) is 6.85. The molecule has 5 rings (SSSR count). The van der Waals surface area contributed by atoms with Crippen LogP contribution < -0.4 is 26.5 Å². The number of amides is 2. The van der Waals surface area contributed by atoms with Crippen LogP contribution in [-0.2, 0) is 4.79 Å². The predicted molar refractivity (Wildman–Crippen MR) is 178 cm³/mol. The second-order valence-electron chi connectivity index (χ2n) is 14.0. The molecule has 2 heterocycles. The fraction of sp³-hybridized carbons (Fsp3) is 0.543. The van der Waals surface area contributed by atoms with E-state index in [2.05, 4.69) is 73.4 Å². The Kier molecular flexibility index (Phi) is 9.82. The lowest BCUT2D eigenvalue weighted by Crippen LogP contribution is -2.51. The Morgan fingerprint density at radius 1 is 1.09 bits per heavy atom. The average Bonchev–Trinajstić information content (AvgIpc) is 3.64. The first-order valence-corrected chi connectivity index (χ1v) is 16.4. The lowest BCUT2D eigenvalue weighted by molar-refractivity contribution is -0.133. The van der Waals surface area contributed by atoms with E-state index in [-0.39, 0.29) is 29.8 Å². The van der Waals surface area contributed by atoms with Crippen LogP contribution in [0.3, 0.4) is 0 Å². The zero-order valence-electron chi connectivity index (χ0n) is 27.6. The standard InChI is InChI=1S/C35H49N7O3/c1-7-29(25-8-10-27(11-9-25)32(43)36-22-30-38-40-41-39-30)42-33(44)31(37-35(42)18-16-24(17-19-35)23(2)3)26-12-14-28(15-13-26)45-21-20-34(4,5)6/h8-15,23-24,29,40-41H,7,16-22H2,1-6H3,(H,36,43)(H,38,39)/t24?,29-,35?/m1/s1. The van der Waals surface area contributed by atoms with Crippen LogP contribution in [0, 0.1) is 17.3 Å². The Bertz CT molecular complexity index is 1400. The van der Waals surface area contributed by atoms with E-state index in [1.807, 2.05) is 48.5 Å². The number of carbonyl (C=O) groups excluding carboxylic acids is 2. The Labute approximate surface area is 267 Å². The summed E-state index contributed by atoms with van der Waals surface area (Å²) in [5.74, 6) is 2.41. The molecule has 2 aromatic carbocycles. The number of aliphatic imine (C=N–C) groups is 1. The SMILES string of the molecule is CC[C@H](c1ccc(C(=O)NCC2=NNNN2)cc1)N1C(=O)C(c2ccc(OCCC(C)(C)C)cc2)=NC12CCC(C(C)C)CC2. The van der Waals surface area contributed by atoms with E-state index in [0.717, 1.165) is 55.4 Å². The molecule has 1 fully saturated rings. The van der Waals surface area contributed by atoms with Gasteiger partial charge >= 0.3 is 0 Å². The predicted octanol–water partition coefficient (Wildman–Crippen LogP) is 5.48. The number of rotatable bonds is 11. The molecule has 0 radical (unpaired) electrons. The first-order valence-electron chi connectivity index (χ1n) is 16.4. The van der Waals surface area contributed by atoms with Crippen molar-refractivity contribution in [1.82, 2.24) is 26.7 Å². The van der Waals surface area contributed by atoms with Gasteiger partial charge in [-0.1, -0.05) is 53.7 Å². The third-order valence-electron chi connectivity index (χ3n) is 9.34. The molecule has 2 aromatic rings. The van der Waals surface area contributed by atoms with Crippen molar-refractivity contribution in [1.29, 1.82) is 0 Å². The minimum Gasteiger partial charge on any atom is -0.494 e. The van der Waals surface area contributed by atoms with Gasteiger partial charge in [0.1, 0.15) is 17.1 Å². The highest BCUT2D eigenvalue weighted by Crippen LogP contribution is 2.47. The summed E-state index contributed by atoms with van der Waals surface area (Å²) < 4.78 is 5.99. The highest BCUT2D eigenvalue weighted by Gasteiger charge is 2.51. The topological polar surface area (TPSA) is 119 Å². The Morgan fingerprint density at radius 2 is 1.78 bits per heavy atom. The number of benzene rings is 2. The van der Waals surface area contributed by atoms with Crippen LogP contribution >= 0.6 is 0 Å². The van der Waals surface area contributed by atoms with Gasteiger partial charge in [-0.2, -0.15) is 0 Å². The second kappa shape index (κ2) is 13.6. The molecule has 10 nitrogen and oxygen atoms in total. The molecule has 0 bridgehead atoms. The molecule has 4 N–H and O–H groups in total. The Balaban J connectivity index is 1.37. The normalized spacial score (nSPS) is 22.2. The van der Waals surface area contributed by atoms with Crippen molar-refractivity contribution >= 4 is 23.4 Å². The fourth-order valence-electron chi connectivity index (χ4n) is 6.54. The summed E-state index contributed by atoms with van der Waals surface area (Å²) in [6, 6.07) is 15.3. The van der Waals surface area contributed by atoms with E-state index in [4.69, 9.17) is 9.73 Å². The first-order chi connectivity index (χ1) is 21.5. The van der Waals surface area contributed by atoms with Crippen LogP contribution in [-0.4, -0.2) is 47.1 Å². The van der Waals surface area contributed by atoms with E-state index in [1.54, 1.807) is 0 Å². The van der Waals surface area contributed by atoms with E-state index < -0.39 is 5.66 Å². The highest BCUT2D eigenvalue weighted by molar-refractivity contribution is 6.46. The van der Waals surface area contributed by atoms with Gasteiger partial charge in [-0.3, -0.25) is 20.0 Å². The monoisotopic (exact) mass is 615 g/mol. The first kappa shape index (κ1) is 32.5. The zero-order valence-corrected chi connectivity index (χ0v) is 27.6. The van der Waals surface area contributed by atoms with Crippen molar-refractivity contribution in [3.63, 3.8) is 0 Å². The van der Waals surface area contributed by atoms with Crippen molar-refractivity contribution in [2.75, 3.05) is 13.2 Å². The van der Waals surface area contributed by atoms with Gasteiger partial charge in [0.15, 0.2) is 5.84 Å². The number of hydrogen-bond acceptors (Lipinski definition) is 8. The molecule has 1 saturated carbocycles. The second-order valence-corrected chi connectivity index (χ2v) is 14.0. The van der Waals surface area contributed by atoms with Gasteiger partial charge in [0.05, 0.1) is 19.2 Å². The minimum absolute atomic E-state index is 0.0277. The molecule has 2 aliphatic heterocycles. The molecule has 45 heavy (non-hydrogen) atoms. The summed E-state index contributed by atoms with van der Waals surface area (Å²) in [6.07, 6.45) is 5.47. The highest BCUT2D eigenvalue weighted by atomic mass is 16.5. The largest absolute Gasteiger partial charge is 0.494 e. The van der Waals surface area contributed by atoms with Gasteiger partial charge in [0.25, 0.3) is 11.8 Å². The molecule has 0 aromatic heterocycles. The summed E-state index contributed by atoms with van der Waals surface area (Å²) in [6.45, 7) is 14.2. The van der Waals surface area contributed by atoms with Crippen molar-refractivity contribution < 1.29 is 14.3 Å². The van der Waals surface area contributed by atoms with Crippen molar-refractivity contribution in [2.45, 2.75) is 91.8 Å². The van der Waals surface area contributed by atoms with Crippen molar-refractivity contribution in [2.24, 2.45) is 27.3 Å². The molecule has 3 aliphatic rings. The quantitative estimate of drug-likeness (QED) is 0.266. The molecule has 0 unspecified atom stereocenters. The van der Waals surface area contributed by atoms with Crippen LogP contribution in [0.25, 0.3) is 0 Å². The summed E-state index contributed by atoms with van der Waals surface area (Å²) in [4.78, 5) is 34.5. The fourth-order valence-corrected chi connectivity index (χ4v) is 6.54. The Hall–Kier alpha value is -3.92. The molecule has 242 valence electrons. The van der Waals surface area contributed by atoms with Gasteiger partial charge < -0.3 is 15.0 Å². The number of nitrogens with zero attached hydrogens (tertiary/aromatic N) is 3. The Morgan fingerprint density at radius 3 is 2.36 bits per heavy atom. The van der Waals surface area contributed by atoms with Gasteiger partial charge in [-0.25, -0.2) is 5.53 Å². The number of ether oxygens (including phenoxy) is 1. The molecule has 10 heteroatoms. The van der Waals surface area contributed by atoms with Crippen LogP contribution in [0.5, 0.6) is 5.75 Å². The van der Waals surface area contributed by atoms with Crippen LogP contribution in [0.4, 0.5) is 0 Å². The van der Waals surface area contributed by atoms with E-state index in [9.17, 15) is 9.59 Å². The number of hydrazone groups is 1. The van der Waals surface area contributed by atoms with Crippen LogP contribution in [0.15, 0.2) is 58.6 Å². The average molecular weight is 616 g/mol. The molecule has 1 aliphatic carbocycles. The third kappa shape index (κ3) is 7.49. The van der Waals surface area contributed by atoms with Crippen molar-refractivity contribution in [3.05, 3.63) is 65.2 Å². The van der Waals surface area contributed by atoms with E-state index in [1.165, 1.54) is 0 Å². The summed E-state index contributed by atoms with van der Waals surface area (Å²) >= 11 is 0. The third-order valence-corrected chi connectivity index (χ3v) is 9.34. The molecule has 1 atom stereocenters. The number of nitrogens with one attached hydrogen (secondary N) is 4. The molecule has 2 amide bonds. The lowest BCUT2D eigenvalue weighted by Gasteiger charge is -2.46. The molecular formula is C35H49N7O3. The van der Waals surface area contributed by atoms with Gasteiger partial charge in [-0.15, -0.1) is 10.6 Å². The number of carbonyl (C=O) groups is 2. The summed E-state index contributed by atoms with van der Waals surface area (Å²) in [7, 11) is 0. The number of hydrazine groups is 2. The van der Waals surface area contributed by atoms with Crippen molar-refractivity contribution in [3.8, 4) is 5.75 Å². The van der Waals surface area contributed by atoms with E-state index >= 15 is 0 Å². The van der Waals surface area contributed by atoms with E-state index in [0.29, 0.717) is 35.6 Å². The van der Waals surface area contributed by atoms with Gasteiger partial charge in [-0.05, 0) is 97.7 Å². The maximum atomic E-state index is 14.4. The zero-order chi connectivity index (χ0) is 32.2. The molecule has 0 saturated heterocycles. The minimum atomic E-state index is -0.576. The molecule has 1 spiro atoms. The van der Waals surface area contributed by atoms with Gasteiger partial charge in [0, 0.05) is 11.1 Å². The number of hydrogen-bond donors (Lipinski definition) is 4. The van der Waals surface area contributed by atoms with Crippen LogP contribution in [0.1, 0.15) is 108 Å². The smallest absolute Gasteiger partial charge is 0.275 e. The molecular weight excluding hydrogens is 566 g/mol. The van der Waals surface area contributed by atoms with Gasteiger partial charge in [0.2, 0.25) is 0 Å². The lowest BCUT2D eigenvalue weighted by atomic mass is 9.76. The maximum absolute atomic E-state index is 14.4. The maximum Gasteiger partial charge on any atom is 0.275 e.